The Labute approximate surface area is 179 Å². The van der Waals surface area contributed by atoms with Crippen molar-refractivity contribution in [3.05, 3.63) is 41.2 Å². The number of anilines is 1. The number of carbonyl (C=O) groups excluding carboxylic acids is 3. The van der Waals surface area contributed by atoms with Gasteiger partial charge in [-0.25, -0.2) is 8.42 Å². The number of benzene rings is 1. The molecule has 2 aromatic rings. The Hall–Kier alpha value is -3.42. The molecular weight excluding hydrogens is 455 g/mol. The molecule has 0 aliphatic carbocycles. The Morgan fingerprint density at radius 2 is 1.94 bits per heavy atom. The molecule has 10 nitrogen and oxygen atoms in total. The molecule has 3 heterocycles. The Morgan fingerprint density at radius 1 is 1.22 bits per heavy atom. The normalized spacial score (nSPS) is 19.2. The second-order valence-electron chi connectivity index (χ2n) is 7.39. The number of hydrogen-bond acceptors (Lipinski definition) is 6. The molecule has 0 saturated carbocycles. The summed E-state index contributed by atoms with van der Waals surface area (Å²) in [6, 6.07) is 3.04. The topological polar surface area (TPSA) is 130 Å². The molecule has 2 N–H and O–H groups in total. The van der Waals surface area contributed by atoms with Crippen LogP contribution in [0.25, 0.3) is 0 Å². The molecule has 170 valence electrons. The molecule has 0 bridgehead atoms. The van der Waals surface area contributed by atoms with Gasteiger partial charge < -0.3 is 4.90 Å². The first-order valence-corrected chi connectivity index (χ1v) is 10.8. The molecule has 2 aliphatic heterocycles. The Kier molecular flexibility index (Phi) is 4.99. The van der Waals surface area contributed by atoms with Crippen LogP contribution in [0.15, 0.2) is 29.3 Å². The van der Waals surface area contributed by atoms with E-state index < -0.39 is 50.6 Å². The van der Waals surface area contributed by atoms with Crippen molar-refractivity contribution < 1.29 is 36.0 Å². The van der Waals surface area contributed by atoms with Gasteiger partial charge in [-0.3, -0.25) is 29.1 Å². The van der Waals surface area contributed by atoms with Crippen LogP contribution in [0, 0.1) is 0 Å². The number of piperidine rings is 1. The van der Waals surface area contributed by atoms with Gasteiger partial charge in [-0.2, -0.15) is 18.3 Å². The summed E-state index contributed by atoms with van der Waals surface area (Å²) in [7, 11) is -3.47. The molecule has 1 aromatic heterocycles. The lowest BCUT2D eigenvalue weighted by atomic mass is 10.0. The predicted octanol–water partition coefficient (Wildman–Crippen LogP) is 1.00. The van der Waals surface area contributed by atoms with Gasteiger partial charge in [0.05, 0.1) is 0 Å². The van der Waals surface area contributed by atoms with E-state index >= 15 is 0 Å². The maximum absolute atomic E-state index is 13.2. The number of fused-ring (bicyclic) bond motifs is 1. The minimum atomic E-state index is -4.97. The second-order valence-corrected chi connectivity index (χ2v) is 9.04. The number of aryl methyl sites for hydroxylation is 1. The molecule has 32 heavy (non-hydrogen) atoms. The van der Waals surface area contributed by atoms with Crippen LogP contribution in [0.1, 0.15) is 34.5 Å². The van der Waals surface area contributed by atoms with Crippen LogP contribution < -0.4 is 10.0 Å². The first kappa shape index (κ1) is 21.8. The zero-order chi connectivity index (χ0) is 23.4. The van der Waals surface area contributed by atoms with Crippen molar-refractivity contribution >= 4 is 33.4 Å². The lowest BCUT2D eigenvalue weighted by molar-refractivity contribution is -0.143. The van der Waals surface area contributed by atoms with Crippen LogP contribution in [-0.4, -0.2) is 46.9 Å². The van der Waals surface area contributed by atoms with Crippen molar-refractivity contribution in [1.82, 2.24) is 20.0 Å². The summed E-state index contributed by atoms with van der Waals surface area (Å²) in [5, 5.41) is 5.36. The molecule has 3 amide bonds. The van der Waals surface area contributed by atoms with Crippen molar-refractivity contribution in [2.45, 2.75) is 36.5 Å². The molecule has 0 radical (unpaired) electrons. The number of halogens is 3. The van der Waals surface area contributed by atoms with Gasteiger partial charge in [0.1, 0.15) is 10.9 Å². The lowest BCUT2D eigenvalue weighted by Crippen LogP contribution is -2.52. The summed E-state index contributed by atoms with van der Waals surface area (Å²) in [5.41, 5.74) is -0.983. The quantitative estimate of drug-likeness (QED) is 0.640. The summed E-state index contributed by atoms with van der Waals surface area (Å²) < 4.78 is 67.5. The van der Waals surface area contributed by atoms with E-state index in [9.17, 15) is 36.0 Å². The molecule has 0 spiro atoms. The van der Waals surface area contributed by atoms with Gasteiger partial charge in [-0.1, -0.05) is 0 Å². The van der Waals surface area contributed by atoms with Crippen molar-refractivity contribution in [3.8, 4) is 0 Å². The summed E-state index contributed by atoms with van der Waals surface area (Å²) in [5.74, 6) is -1.49. The molecule has 4 rings (SSSR count). The number of hydrogen-bond donors (Lipinski definition) is 2. The Balaban J connectivity index is 1.59. The van der Waals surface area contributed by atoms with E-state index in [0.717, 1.165) is 10.9 Å². The second kappa shape index (κ2) is 7.32. The molecule has 1 aromatic carbocycles. The van der Waals surface area contributed by atoms with E-state index in [4.69, 9.17) is 0 Å². The fraction of sp³-hybridized carbons (Fsp3) is 0.333. The monoisotopic (exact) mass is 471 g/mol. The predicted molar refractivity (Wildman–Crippen MR) is 102 cm³/mol. The fourth-order valence-corrected chi connectivity index (χ4v) is 4.96. The molecular formula is C18H16F3N5O5S. The fourth-order valence-electron chi connectivity index (χ4n) is 3.71. The summed E-state index contributed by atoms with van der Waals surface area (Å²) in [6.45, 7) is -0.0172. The number of nitrogens with one attached hydrogen (secondary N) is 2. The van der Waals surface area contributed by atoms with Crippen LogP contribution in [-0.2, 0) is 39.4 Å². The standard InChI is InChI=1S/C18H16F3N5O5S/c1-25-8-13(15(23-25)18(19,20)21)32(30,31)24-10-2-3-11-9(6-10)7-26(17(11)29)12-4-5-14(27)22-16(12)28/h2-3,6,8,12,24H,4-5,7H2,1H3,(H,22,27,28). The van der Waals surface area contributed by atoms with Crippen LogP contribution in [0.3, 0.4) is 0 Å². The molecule has 1 saturated heterocycles. The minimum Gasteiger partial charge on any atom is -0.322 e. The van der Waals surface area contributed by atoms with Gasteiger partial charge in [0.15, 0.2) is 5.69 Å². The third-order valence-electron chi connectivity index (χ3n) is 5.13. The summed E-state index contributed by atoms with van der Waals surface area (Å²) >= 11 is 0. The van der Waals surface area contributed by atoms with Gasteiger partial charge in [0, 0.05) is 37.5 Å². The lowest BCUT2D eigenvalue weighted by Gasteiger charge is -2.29. The maximum atomic E-state index is 13.2. The highest BCUT2D eigenvalue weighted by molar-refractivity contribution is 7.92. The minimum absolute atomic E-state index is 0.0172. The van der Waals surface area contributed by atoms with Crippen molar-refractivity contribution in [2.24, 2.45) is 7.05 Å². The largest absolute Gasteiger partial charge is 0.436 e. The number of carbonyl (C=O) groups is 3. The van der Waals surface area contributed by atoms with Gasteiger partial charge in [0.2, 0.25) is 11.8 Å². The molecule has 1 fully saturated rings. The molecule has 14 heteroatoms. The third kappa shape index (κ3) is 3.81. The van der Waals surface area contributed by atoms with Crippen molar-refractivity contribution in [2.75, 3.05) is 4.72 Å². The van der Waals surface area contributed by atoms with Gasteiger partial charge in [0.25, 0.3) is 15.9 Å². The number of rotatable bonds is 4. The average Bonchev–Trinajstić information content (AvgIpc) is 3.23. The highest BCUT2D eigenvalue weighted by Gasteiger charge is 2.42. The van der Waals surface area contributed by atoms with E-state index in [-0.39, 0.29) is 30.6 Å². The van der Waals surface area contributed by atoms with Crippen LogP contribution in [0.5, 0.6) is 0 Å². The maximum Gasteiger partial charge on any atom is 0.436 e. The zero-order valence-electron chi connectivity index (χ0n) is 16.4. The first-order chi connectivity index (χ1) is 14.9. The molecule has 1 atom stereocenters. The Bertz CT molecular complexity index is 1250. The van der Waals surface area contributed by atoms with Gasteiger partial charge >= 0.3 is 6.18 Å². The van der Waals surface area contributed by atoms with E-state index in [1.54, 1.807) is 0 Å². The average molecular weight is 471 g/mol. The van der Waals surface area contributed by atoms with E-state index in [0.29, 0.717) is 5.56 Å². The third-order valence-corrected chi connectivity index (χ3v) is 6.51. The number of aromatic nitrogens is 2. The summed E-state index contributed by atoms with van der Waals surface area (Å²) in [4.78, 5) is 36.4. The molecule has 1 unspecified atom stereocenters. The highest BCUT2D eigenvalue weighted by Crippen LogP contribution is 2.34. The number of alkyl halides is 3. The van der Waals surface area contributed by atoms with Gasteiger partial charge in [-0.15, -0.1) is 0 Å². The van der Waals surface area contributed by atoms with Crippen LogP contribution in [0.4, 0.5) is 18.9 Å². The highest BCUT2D eigenvalue weighted by atomic mass is 32.2. The SMILES string of the molecule is Cn1cc(S(=O)(=O)Nc2ccc3c(c2)CN(C2CCC(=O)NC2=O)C3=O)c(C(F)(F)F)n1. The first-order valence-electron chi connectivity index (χ1n) is 9.28. The van der Waals surface area contributed by atoms with E-state index in [1.807, 2.05) is 0 Å². The van der Waals surface area contributed by atoms with E-state index in [1.165, 1.54) is 30.1 Å². The number of nitrogens with zero attached hydrogens (tertiary/aromatic N) is 3. The number of amides is 3. The van der Waals surface area contributed by atoms with Gasteiger partial charge in [-0.05, 0) is 30.2 Å². The number of imide groups is 1. The number of sulfonamides is 1. The van der Waals surface area contributed by atoms with Crippen molar-refractivity contribution in [1.29, 1.82) is 0 Å². The van der Waals surface area contributed by atoms with E-state index in [2.05, 4.69) is 15.1 Å². The smallest absolute Gasteiger partial charge is 0.322 e. The van der Waals surface area contributed by atoms with Crippen LogP contribution in [0.2, 0.25) is 0 Å². The van der Waals surface area contributed by atoms with Crippen molar-refractivity contribution in [3.63, 3.8) is 0 Å². The zero-order valence-corrected chi connectivity index (χ0v) is 17.2. The molecule has 2 aliphatic rings. The summed E-state index contributed by atoms with van der Waals surface area (Å²) in [6.07, 6.45) is -4.00. The van der Waals surface area contributed by atoms with Crippen LogP contribution >= 0.6 is 0 Å². The Morgan fingerprint density at radius 3 is 2.59 bits per heavy atom.